The summed E-state index contributed by atoms with van der Waals surface area (Å²) in [5.41, 5.74) is 1.19. The van der Waals surface area contributed by atoms with E-state index < -0.39 is 0 Å². The highest BCUT2D eigenvalue weighted by Crippen LogP contribution is 2.28. The summed E-state index contributed by atoms with van der Waals surface area (Å²) in [7, 11) is 6.03. The number of methoxy groups -OCH3 is 1. The average molecular weight is 292 g/mol. The Bertz CT molecular complexity index is 424. The van der Waals surface area contributed by atoms with E-state index in [0.717, 1.165) is 51.3 Å². The van der Waals surface area contributed by atoms with Gasteiger partial charge in [-0.25, -0.2) is 9.97 Å². The molecular weight excluding hydrogens is 264 g/mol. The van der Waals surface area contributed by atoms with Gasteiger partial charge < -0.3 is 14.5 Å². The number of nitrogens with zero attached hydrogens (tertiary/aromatic N) is 4. The number of likely N-dealkylation sites (N-methyl/N-ethyl adjacent to an activating group) is 1. The lowest BCUT2D eigenvalue weighted by atomic mass is 9.90. The molecule has 21 heavy (non-hydrogen) atoms. The Kier molecular flexibility index (Phi) is 5.53. The maximum Gasteiger partial charge on any atom is 0.225 e. The molecule has 118 valence electrons. The quantitative estimate of drug-likeness (QED) is 0.802. The molecule has 0 saturated carbocycles. The van der Waals surface area contributed by atoms with E-state index in [1.54, 1.807) is 0 Å². The molecule has 0 aliphatic carbocycles. The summed E-state index contributed by atoms with van der Waals surface area (Å²) in [5, 5.41) is 0. The Balaban J connectivity index is 1.96. The predicted octanol–water partition coefficient (Wildman–Crippen LogP) is 1.98. The van der Waals surface area contributed by atoms with Gasteiger partial charge in [0, 0.05) is 39.1 Å². The largest absolute Gasteiger partial charge is 0.377 e. The van der Waals surface area contributed by atoms with E-state index in [1.807, 2.05) is 19.5 Å². The van der Waals surface area contributed by atoms with Gasteiger partial charge >= 0.3 is 0 Å². The Hall–Kier alpha value is -1.20. The van der Waals surface area contributed by atoms with E-state index in [4.69, 9.17) is 4.74 Å². The highest BCUT2D eigenvalue weighted by molar-refractivity contribution is 5.31. The van der Waals surface area contributed by atoms with Gasteiger partial charge in [-0.2, -0.15) is 0 Å². The summed E-state index contributed by atoms with van der Waals surface area (Å²) >= 11 is 0. The number of hydrogen-bond acceptors (Lipinski definition) is 5. The molecule has 0 unspecified atom stereocenters. The maximum absolute atomic E-state index is 5.82. The van der Waals surface area contributed by atoms with Gasteiger partial charge in [-0.15, -0.1) is 0 Å². The number of aryl methyl sites for hydroxylation is 1. The Labute approximate surface area is 128 Å². The molecule has 5 heteroatoms. The zero-order chi connectivity index (χ0) is 15.3. The van der Waals surface area contributed by atoms with Crippen LogP contribution in [0, 0.1) is 0 Å². The average Bonchev–Trinajstić information content (AvgIpc) is 2.49. The first-order valence-corrected chi connectivity index (χ1v) is 7.84. The molecule has 5 nitrogen and oxygen atoms in total. The van der Waals surface area contributed by atoms with E-state index in [-0.39, 0.29) is 5.60 Å². The monoisotopic (exact) mass is 292 g/mol. The highest BCUT2D eigenvalue weighted by Gasteiger charge is 2.35. The number of ether oxygens (including phenoxy) is 1. The second kappa shape index (κ2) is 7.18. The smallest absolute Gasteiger partial charge is 0.225 e. The first-order valence-electron chi connectivity index (χ1n) is 7.84. The normalized spacial score (nSPS) is 18.2. The predicted molar refractivity (Wildman–Crippen MR) is 85.8 cm³/mol. The van der Waals surface area contributed by atoms with Gasteiger partial charge in [0.25, 0.3) is 0 Å². The minimum absolute atomic E-state index is 0.0256. The van der Waals surface area contributed by atoms with Crippen LogP contribution in [-0.4, -0.2) is 61.3 Å². The number of rotatable bonds is 6. The lowest BCUT2D eigenvalue weighted by Crippen LogP contribution is -2.51. The van der Waals surface area contributed by atoms with Gasteiger partial charge in [-0.3, -0.25) is 0 Å². The molecule has 1 aliphatic heterocycles. The second-order valence-electron chi connectivity index (χ2n) is 6.25. The number of aromatic nitrogens is 2. The molecule has 1 aromatic rings. The third-order valence-corrected chi connectivity index (χ3v) is 4.23. The zero-order valence-corrected chi connectivity index (χ0v) is 13.8. The first kappa shape index (κ1) is 16.2. The van der Waals surface area contributed by atoms with Crippen molar-refractivity contribution < 1.29 is 4.74 Å². The van der Waals surface area contributed by atoms with E-state index >= 15 is 0 Å². The number of anilines is 1. The van der Waals surface area contributed by atoms with Crippen LogP contribution in [0.1, 0.15) is 31.7 Å². The molecular formula is C16H28N4O. The molecule has 2 rings (SSSR count). The van der Waals surface area contributed by atoms with Gasteiger partial charge in [-0.05, 0) is 38.9 Å². The van der Waals surface area contributed by atoms with Gasteiger partial charge in [0.05, 0.1) is 5.60 Å². The SMILES string of the molecule is CCCc1cnc(N2CCC(CN(C)C)(OC)CC2)nc1. The van der Waals surface area contributed by atoms with Crippen LogP contribution < -0.4 is 4.90 Å². The number of hydrogen-bond donors (Lipinski definition) is 0. The molecule has 0 spiro atoms. The zero-order valence-electron chi connectivity index (χ0n) is 13.8. The third kappa shape index (κ3) is 4.14. The van der Waals surface area contributed by atoms with Gasteiger partial charge in [0.15, 0.2) is 0 Å². The van der Waals surface area contributed by atoms with Crippen LogP contribution in [0.25, 0.3) is 0 Å². The summed E-state index contributed by atoms with van der Waals surface area (Å²) in [4.78, 5) is 13.5. The van der Waals surface area contributed by atoms with Crippen molar-refractivity contribution in [1.29, 1.82) is 0 Å². The van der Waals surface area contributed by atoms with E-state index in [2.05, 4.69) is 40.8 Å². The molecule has 0 radical (unpaired) electrons. The molecule has 1 saturated heterocycles. The van der Waals surface area contributed by atoms with Crippen LogP contribution in [0.2, 0.25) is 0 Å². The van der Waals surface area contributed by atoms with Crippen molar-refractivity contribution in [2.24, 2.45) is 0 Å². The molecule has 0 bridgehead atoms. The highest BCUT2D eigenvalue weighted by atomic mass is 16.5. The van der Waals surface area contributed by atoms with E-state index in [1.165, 1.54) is 5.56 Å². The minimum Gasteiger partial charge on any atom is -0.377 e. The molecule has 1 aliphatic rings. The minimum atomic E-state index is -0.0256. The standard InChI is InChI=1S/C16H28N4O/c1-5-6-14-11-17-15(18-12-14)20-9-7-16(21-4,8-10-20)13-19(2)3/h11-12H,5-10,13H2,1-4H3. The lowest BCUT2D eigenvalue weighted by Gasteiger charge is -2.42. The Morgan fingerprint density at radius 1 is 1.24 bits per heavy atom. The lowest BCUT2D eigenvalue weighted by molar-refractivity contribution is -0.0456. The molecule has 0 atom stereocenters. The Morgan fingerprint density at radius 2 is 1.86 bits per heavy atom. The van der Waals surface area contributed by atoms with Crippen LogP contribution in [-0.2, 0) is 11.2 Å². The molecule has 2 heterocycles. The summed E-state index contributed by atoms with van der Waals surface area (Å²) < 4.78 is 5.82. The number of piperidine rings is 1. The fraction of sp³-hybridized carbons (Fsp3) is 0.750. The van der Waals surface area contributed by atoms with Crippen LogP contribution in [0.5, 0.6) is 0 Å². The fourth-order valence-corrected chi connectivity index (χ4v) is 3.05. The van der Waals surface area contributed by atoms with Crippen molar-refractivity contribution in [3.05, 3.63) is 18.0 Å². The fourth-order valence-electron chi connectivity index (χ4n) is 3.05. The van der Waals surface area contributed by atoms with Crippen LogP contribution in [0.4, 0.5) is 5.95 Å². The van der Waals surface area contributed by atoms with E-state index in [9.17, 15) is 0 Å². The van der Waals surface area contributed by atoms with Crippen molar-refractivity contribution in [3.63, 3.8) is 0 Å². The summed E-state index contributed by atoms with van der Waals surface area (Å²) in [6.07, 6.45) is 8.14. The Morgan fingerprint density at radius 3 is 2.33 bits per heavy atom. The maximum atomic E-state index is 5.82. The van der Waals surface area contributed by atoms with Crippen molar-refractivity contribution in [3.8, 4) is 0 Å². The summed E-state index contributed by atoms with van der Waals surface area (Å²) in [6, 6.07) is 0. The van der Waals surface area contributed by atoms with Gasteiger partial charge in [-0.1, -0.05) is 13.3 Å². The van der Waals surface area contributed by atoms with Crippen LogP contribution in [0.15, 0.2) is 12.4 Å². The summed E-state index contributed by atoms with van der Waals surface area (Å²) in [6.45, 7) is 5.05. The van der Waals surface area contributed by atoms with Crippen molar-refractivity contribution >= 4 is 5.95 Å². The van der Waals surface area contributed by atoms with Crippen molar-refractivity contribution in [2.75, 3.05) is 45.7 Å². The van der Waals surface area contributed by atoms with Gasteiger partial charge in [0.1, 0.15) is 0 Å². The summed E-state index contributed by atoms with van der Waals surface area (Å²) in [5.74, 6) is 0.851. The first-order chi connectivity index (χ1) is 10.1. The molecule has 0 amide bonds. The molecule has 1 fully saturated rings. The molecule has 1 aromatic heterocycles. The topological polar surface area (TPSA) is 41.5 Å². The van der Waals surface area contributed by atoms with Crippen LogP contribution >= 0.6 is 0 Å². The van der Waals surface area contributed by atoms with E-state index in [0.29, 0.717) is 0 Å². The van der Waals surface area contributed by atoms with Crippen molar-refractivity contribution in [2.45, 2.75) is 38.2 Å². The van der Waals surface area contributed by atoms with Crippen LogP contribution in [0.3, 0.4) is 0 Å². The molecule has 0 N–H and O–H groups in total. The van der Waals surface area contributed by atoms with Gasteiger partial charge in [0.2, 0.25) is 5.95 Å². The second-order valence-corrected chi connectivity index (χ2v) is 6.25. The van der Waals surface area contributed by atoms with Crippen molar-refractivity contribution in [1.82, 2.24) is 14.9 Å². The molecule has 0 aromatic carbocycles. The third-order valence-electron chi connectivity index (χ3n) is 4.23.